The number of aryl methyl sites for hydroxylation is 1. The van der Waals surface area contributed by atoms with Crippen LogP contribution in [0.3, 0.4) is 0 Å². The molecule has 0 saturated heterocycles. The molecule has 0 radical (unpaired) electrons. The maximum Gasteiger partial charge on any atom is 0.322 e. The monoisotopic (exact) mass is 366 g/mol. The second kappa shape index (κ2) is 7.57. The summed E-state index contributed by atoms with van der Waals surface area (Å²) < 4.78 is 12.7. The highest BCUT2D eigenvalue weighted by atomic mass is 16.5. The Bertz CT molecular complexity index is 882. The minimum atomic E-state index is -0.0920. The van der Waals surface area contributed by atoms with Crippen LogP contribution in [0, 0.1) is 0 Å². The number of ether oxygens (including phenoxy) is 1. The Morgan fingerprint density at radius 3 is 2.78 bits per heavy atom. The molecule has 0 spiro atoms. The van der Waals surface area contributed by atoms with Gasteiger partial charge < -0.3 is 19.4 Å². The highest BCUT2D eigenvalue weighted by Crippen LogP contribution is 2.29. The summed E-state index contributed by atoms with van der Waals surface area (Å²) in [4.78, 5) is 14.6. The Balaban J connectivity index is 1.34. The summed E-state index contributed by atoms with van der Waals surface area (Å²) in [6.45, 7) is 0.938. The first-order chi connectivity index (χ1) is 13.2. The molecule has 1 aliphatic carbocycles. The van der Waals surface area contributed by atoms with Gasteiger partial charge in [0.2, 0.25) is 0 Å². The molecule has 4 rings (SSSR count). The Morgan fingerprint density at radius 1 is 1.33 bits per heavy atom. The van der Waals surface area contributed by atoms with Gasteiger partial charge in [-0.25, -0.2) is 4.79 Å². The topological polar surface area (TPSA) is 72.5 Å². The lowest BCUT2D eigenvalue weighted by Crippen LogP contribution is -2.36. The average molecular weight is 366 g/mol. The van der Waals surface area contributed by atoms with Crippen LogP contribution in [0.4, 0.5) is 10.5 Å². The molecule has 7 heteroatoms. The molecule has 1 aliphatic rings. The number of anilines is 1. The van der Waals surface area contributed by atoms with Gasteiger partial charge in [-0.05, 0) is 49.2 Å². The number of benzene rings is 1. The molecule has 27 heavy (non-hydrogen) atoms. The zero-order valence-corrected chi connectivity index (χ0v) is 15.2. The van der Waals surface area contributed by atoms with Crippen molar-refractivity contribution in [3.8, 4) is 5.75 Å². The number of furan rings is 1. The Kier molecular flexibility index (Phi) is 4.82. The summed E-state index contributed by atoms with van der Waals surface area (Å²) in [6, 6.07) is 11.3. The second-order valence-electron chi connectivity index (χ2n) is 6.70. The van der Waals surface area contributed by atoms with Crippen molar-refractivity contribution in [2.75, 3.05) is 5.32 Å². The molecule has 1 N–H and O–H groups in total. The number of nitrogens with one attached hydrogen (secondary N) is 1. The maximum atomic E-state index is 12.7. The molecule has 3 aromatic rings. The summed E-state index contributed by atoms with van der Waals surface area (Å²) in [5.74, 6) is 1.49. The molecule has 2 aromatic heterocycles. The number of hydrogen-bond donors (Lipinski definition) is 1. The van der Waals surface area contributed by atoms with Crippen LogP contribution >= 0.6 is 0 Å². The van der Waals surface area contributed by atoms with E-state index < -0.39 is 0 Å². The van der Waals surface area contributed by atoms with Gasteiger partial charge in [0, 0.05) is 30.5 Å². The maximum absolute atomic E-state index is 12.7. The summed E-state index contributed by atoms with van der Waals surface area (Å²) in [5, 5.41) is 7.15. The van der Waals surface area contributed by atoms with Crippen LogP contribution in [0.15, 0.2) is 59.5 Å². The number of rotatable bonds is 7. The summed E-state index contributed by atoms with van der Waals surface area (Å²) in [5.41, 5.74) is 1.77. The van der Waals surface area contributed by atoms with Gasteiger partial charge in [0.05, 0.1) is 19.0 Å². The fourth-order valence-electron chi connectivity index (χ4n) is 2.88. The van der Waals surface area contributed by atoms with E-state index in [9.17, 15) is 4.79 Å². The smallest absolute Gasteiger partial charge is 0.322 e. The minimum absolute atomic E-state index is 0.0920. The second-order valence-corrected chi connectivity index (χ2v) is 6.70. The van der Waals surface area contributed by atoms with E-state index in [0.29, 0.717) is 19.2 Å². The van der Waals surface area contributed by atoms with Crippen LogP contribution in [0.1, 0.15) is 24.2 Å². The zero-order chi connectivity index (χ0) is 18.6. The predicted octanol–water partition coefficient (Wildman–Crippen LogP) is 3.79. The Hall–Kier alpha value is -3.22. The number of nitrogens with zero attached hydrogens (tertiary/aromatic N) is 3. The summed E-state index contributed by atoms with van der Waals surface area (Å²) in [7, 11) is 1.88. The first-order valence-electron chi connectivity index (χ1n) is 8.98. The zero-order valence-electron chi connectivity index (χ0n) is 15.2. The van der Waals surface area contributed by atoms with Crippen molar-refractivity contribution in [3.05, 3.63) is 66.4 Å². The van der Waals surface area contributed by atoms with Gasteiger partial charge in [-0.2, -0.15) is 5.10 Å². The molecule has 0 aliphatic heterocycles. The molecular weight excluding hydrogens is 344 g/mol. The van der Waals surface area contributed by atoms with Gasteiger partial charge in [0.1, 0.15) is 18.1 Å². The van der Waals surface area contributed by atoms with Crippen LogP contribution < -0.4 is 10.1 Å². The number of aromatic nitrogens is 2. The standard InChI is InChI=1S/C20H22N4O3/c1-23-12-15(11-21-23)13-24(17-6-7-17)20(25)22-16-4-8-18(9-5-16)27-14-19-3-2-10-26-19/h2-5,8-12,17H,6-7,13-14H2,1H3,(H,22,25). The van der Waals surface area contributed by atoms with Crippen molar-refractivity contribution in [1.29, 1.82) is 0 Å². The van der Waals surface area contributed by atoms with E-state index >= 15 is 0 Å². The summed E-state index contributed by atoms with van der Waals surface area (Å²) >= 11 is 0. The lowest BCUT2D eigenvalue weighted by atomic mass is 10.3. The largest absolute Gasteiger partial charge is 0.486 e. The minimum Gasteiger partial charge on any atom is -0.486 e. The molecule has 0 bridgehead atoms. The van der Waals surface area contributed by atoms with Crippen molar-refractivity contribution < 1.29 is 13.9 Å². The Morgan fingerprint density at radius 2 is 2.15 bits per heavy atom. The third-order valence-corrected chi connectivity index (χ3v) is 4.43. The van der Waals surface area contributed by atoms with Crippen LogP contribution in [-0.2, 0) is 20.2 Å². The van der Waals surface area contributed by atoms with Gasteiger partial charge in [0.15, 0.2) is 0 Å². The van der Waals surface area contributed by atoms with E-state index in [0.717, 1.165) is 35.6 Å². The summed E-state index contributed by atoms with van der Waals surface area (Å²) in [6.07, 6.45) is 7.45. The fourth-order valence-corrected chi connectivity index (χ4v) is 2.88. The van der Waals surface area contributed by atoms with Crippen LogP contribution in [0.2, 0.25) is 0 Å². The molecule has 7 nitrogen and oxygen atoms in total. The average Bonchev–Trinajstić information content (AvgIpc) is 3.20. The number of carbonyl (C=O) groups excluding carboxylic acids is 1. The van der Waals surface area contributed by atoms with E-state index in [1.807, 2.05) is 54.5 Å². The molecule has 1 fully saturated rings. The highest BCUT2D eigenvalue weighted by molar-refractivity contribution is 5.89. The van der Waals surface area contributed by atoms with Crippen molar-refractivity contribution in [2.45, 2.75) is 32.0 Å². The fraction of sp³-hybridized carbons (Fsp3) is 0.300. The third-order valence-electron chi connectivity index (χ3n) is 4.43. The van der Waals surface area contributed by atoms with E-state index in [1.165, 1.54) is 0 Å². The van der Waals surface area contributed by atoms with E-state index in [1.54, 1.807) is 17.1 Å². The van der Waals surface area contributed by atoms with Crippen LogP contribution in [0.5, 0.6) is 5.75 Å². The molecule has 2 amide bonds. The van der Waals surface area contributed by atoms with E-state index in [2.05, 4.69) is 10.4 Å². The first kappa shape index (κ1) is 17.2. The lowest BCUT2D eigenvalue weighted by molar-refractivity contribution is 0.206. The molecular formula is C20H22N4O3. The quantitative estimate of drug-likeness (QED) is 0.690. The molecule has 0 atom stereocenters. The third kappa shape index (κ3) is 4.49. The van der Waals surface area contributed by atoms with Gasteiger partial charge in [0.25, 0.3) is 0 Å². The normalized spacial score (nSPS) is 13.4. The molecule has 1 aromatic carbocycles. The predicted molar refractivity (Wildman–Crippen MR) is 100 cm³/mol. The van der Waals surface area contributed by atoms with Gasteiger partial charge in [-0.3, -0.25) is 4.68 Å². The van der Waals surface area contributed by atoms with Crippen molar-refractivity contribution in [1.82, 2.24) is 14.7 Å². The molecule has 140 valence electrons. The van der Waals surface area contributed by atoms with Gasteiger partial charge in [-0.15, -0.1) is 0 Å². The van der Waals surface area contributed by atoms with Crippen molar-refractivity contribution in [3.63, 3.8) is 0 Å². The molecule has 2 heterocycles. The van der Waals surface area contributed by atoms with Crippen LogP contribution in [-0.4, -0.2) is 26.8 Å². The molecule has 1 saturated carbocycles. The number of hydrogen-bond acceptors (Lipinski definition) is 4. The van der Waals surface area contributed by atoms with Gasteiger partial charge >= 0.3 is 6.03 Å². The first-order valence-corrected chi connectivity index (χ1v) is 8.98. The molecule has 0 unspecified atom stereocenters. The van der Waals surface area contributed by atoms with Crippen molar-refractivity contribution in [2.24, 2.45) is 7.05 Å². The van der Waals surface area contributed by atoms with Crippen LogP contribution in [0.25, 0.3) is 0 Å². The van der Waals surface area contributed by atoms with E-state index in [-0.39, 0.29) is 6.03 Å². The number of carbonyl (C=O) groups is 1. The van der Waals surface area contributed by atoms with Crippen molar-refractivity contribution >= 4 is 11.7 Å². The van der Waals surface area contributed by atoms with Gasteiger partial charge in [-0.1, -0.05) is 0 Å². The number of urea groups is 1. The number of amides is 2. The van der Waals surface area contributed by atoms with E-state index in [4.69, 9.17) is 9.15 Å². The Labute approximate surface area is 157 Å². The lowest BCUT2D eigenvalue weighted by Gasteiger charge is -2.22. The SMILES string of the molecule is Cn1cc(CN(C(=O)Nc2ccc(OCc3ccco3)cc2)C2CC2)cn1. The highest BCUT2D eigenvalue weighted by Gasteiger charge is 2.32.